The van der Waals surface area contributed by atoms with Gasteiger partial charge in [-0.1, -0.05) is 60.1 Å². The topological polar surface area (TPSA) is 72.7 Å². The van der Waals surface area contributed by atoms with Crippen LogP contribution >= 0.6 is 22.9 Å². The van der Waals surface area contributed by atoms with Crippen molar-refractivity contribution in [2.75, 3.05) is 0 Å². The number of rotatable bonds is 6. The van der Waals surface area contributed by atoms with Gasteiger partial charge in [-0.25, -0.2) is 0 Å². The first-order valence-corrected chi connectivity index (χ1v) is 9.87. The van der Waals surface area contributed by atoms with E-state index in [2.05, 4.69) is 20.7 Å². The third-order valence-electron chi connectivity index (χ3n) is 4.12. The lowest BCUT2D eigenvalue weighted by Crippen LogP contribution is -2.32. The molecule has 28 heavy (non-hydrogen) atoms. The number of amides is 1. The molecule has 4 aromatic rings. The zero-order valence-electron chi connectivity index (χ0n) is 14.7. The van der Waals surface area contributed by atoms with E-state index in [9.17, 15) is 4.79 Å². The maximum atomic E-state index is 12.6. The average Bonchev–Trinajstić information content (AvgIpc) is 3.39. The van der Waals surface area contributed by atoms with Crippen LogP contribution in [-0.2, 0) is 11.3 Å². The number of tetrazole rings is 1. The molecule has 0 unspecified atom stereocenters. The number of nitrogens with zero attached hydrogens (tertiary/aromatic N) is 4. The van der Waals surface area contributed by atoms with Crippen molar-refractivity contribution in [1.82, 2.24) is 25.5 Å². The van der Waals surface area contributed by atoms with Crippen LogP contribution in [-0.4, -0.2) is 26.1 Å². The Morgan fingerprint density at radius 1 is 1.07 bits per heavy atom. The van der Waals surface area contributed by atoms with E-state index in [1.165, 1.54) is 4.80 Å². The molecule has 8 heteroatoms. The molecule has 1 amide bonds. The van der Waals surface area contributed by atoms with E-state index in [1.807, 2.05) is 66.0 Å². The summed E-state index contributed by atoms with van der Waals surface area (Å²) in [6, 6.07) is 20.9. The van der Waals surface area contributed by atoms with Crippen molar-refractivity contribution < 1.29 is 4.79 Å². The standard InChI is InChI=1S/C20H16ClN5OS/c21-16-10-5-4-9-15(16)20-23-25-26(24-20)13-18(27)22-19(17-11-6-12-28-17)14-7-2-1-3-8-14/h1-12,19H,13H2,(H,22,27)/t19-/m1/s1. The number of aromatic nitrogens is 4. The fourth-order valence-electron chi connectivity index (χ4n) is 2.82. The van der Waals surface area contributed by atoms with Crippen molar-refractivity contribution in [3.63, 3.8) is 0 Å². The summed E-state index contributed by atoms with van der Waals surface area (Å²) in [5.74, 6) is 0.182. The van der Waals surface area contributed by atoms with Crippen LogP contribution in [0.3, 0.4) is 0 Å². The van der Waals surface area contributed by atoms with E-state index >= 15 is 0 Å². The molecule has 0 fully saturated rings. The number of hydrogen-bond acceptors (Lipinski definition) is 5. The van der Waals surface area contributed by atoms with Crippen LogP contribution in [0.25, 0.3) is 11.4 Å². The Balaban J connectivity index is 1.50. The summed E-state index contributed by atoms with van der Waals surface area (Å²) in [4.78, 5) is 15.0. The van der Waals surface area contributed by atoms with Crippen molar-refractivity contribution in [1.29, 1.82) is 0 Å². The molecule has 0 bridgehead atoms. The number of carbonyl (C=O) groups excluding carboxylic acids is 1. The number of halogens is 1. The lowest BCUT2D eigenvalue weighted by molar-refractivity contribution is -0.122. The zero-order valence-corrected chi connectivity index (χ0v) is 16.3. The monoisotopic (exact) mass is 409 g/mol. The quantitative estimate of drug-likeness (QED) is 0.523. The fraction of sp³-hybridized carbons (Fsp3) is 0.100. The summed E-state index contributed by atoms with van der Waals surface area (Å²) in [5, 5.41) is 17.8. The van der Waals surface area contributed by atoms with Gasteiger partial charge in [0.25, 0.3) is 0 Å². The van der Waals surface area contributed by atoms with Gasteiger partial charge in [-0.3, -0.25) is 4.79 Å². The molecule has 6 nitrogen and oxygen atoms in total. The third kappa shape index (κ3) is 4.11. The zero-order chi connectivity index (χ0) is 19.3. The molecule has 0 radical (unpaired) electrons. The van der Waals surface area contributed by atoms with Gasteiger partial charge in [0.2, 0.25) is 11.7 Å². The lowest BCUT2D eigenvalue weighted by atomic mass is 10.1. The van der Waals surface area contributed by atoms with Crippen LogP contribution in [0, 0.1) is 0 Å². The van der Waals surface area contributed by atoms with Gasteiger partial charge in [0.05, 0.1) is 11.1 Å². The first-order chi connectivity index (χ1) is 13.7. The van der Waals surface area contributed by atoms with Crippen molar-refractivity contribution in [2.45, 2.75) is 12.6 Å². The second-order valence-corrected chi connectivity index (χ2v) is 7.44. The molecule has 2 aromatic carbocycles. The second kappa shape index (κ2) is 8.33. The summed E-state index contributed by atoms with van der Waals surface area (Å²) >= 11 is 7.77. The van der Waals surface area contributed by atoms with Crippen molar-refractivity contribution in [3.8, 4) is 11.4 Å². The first-order valence-electron chi connectivity index (χ1n) is 8.61. The third-order valence-corrected chi connectivity index (χ3v) is 5.39. The SMILES string of the molecule is O=C(Cn1nnc(-c2ccccc2Cl)n1)N[C@H](c1ccccc1)c1cccs1. The molecule has 0 aliphatic carbocycles. The fourth-order valence-corrected chi connectivity index (χ4v) is 3.84. The van der Waals surface area contributed by atoms with Crippen LogP contribution in [0.5, 0.6) is 0 Å². The van der Waals surface area contributed by atoms with Gasteiger partial charge in [0.15, 0.2) is 0 Å². The average molecular weight is 410 g/mol. The van der Waals surface area contributed by atoms with Crippen LogP contribution in [0.4, 0.5) is 0 Å². The normalized spacial score (nSPS) is 11.9. The van der Waals surface area contributed by atoms with Crippen LogP contribution < -0.4 is 5.32 Å². The van der Waals surface area contributed by atoms with E-state index in [0.29, 0.717) is 16.4 Å². The van der Waals surface area contributed by atoms with Crippen molar-refractivity contribution in [3.05, 3.63) is 87.6 Å². The minimum atomic E-state index is -0.222. The molecule has 0 saturated carbocycles. The summed E-state index contributed by atoms with van der Waals surface area (Å²) < 4.78 is 0. The Bertz CT molecular complexity index is 1070. The highest BCUT2D eigenvalue weighted by Gasteiger charge is 2.19. The van der Waals surface area contributed by atoms with Crippen LogP contribution in [0.15, 0.2) is 72.1 Å². The number of benzene rings is 2. The lowest BCUT2D eigenvalue weighted by Gasteiger charge is -2.17. The van der Waals surface area contributed by atoms with E-state index in [4.69, 9.17) is 11.6 Å². The molecule has 0 spiro atoms. The number of nitrogens with one attached hydrogen (secondary N) is 1. The van der Waals surface area contributed by atoms with Gasteiger partial charge in [0.1, 0.15) is 6.54 Å². The van der Waals surface area contributed by atoms with E-state index in [0.717, 1.165) is 10.4 Å². The first kappa shape index (κ1) is 18.3. The number of carbonyl (C=O) groups is 1. The molecule has 1 N–H and O–H groups in total. The Hall–Kier alpha value is -3.03. The van der Waals surface area contributed by atoms with E-state index < -0.39 is 0 Å². The molecule has 2 heterocycles. The Morgan fingerprint density at radius 2 is 1.86 bits per heavy atom. The summed E-state index contributed by atoms with van der Waals surface area (Å²) in [5.41, 5.74) is 1.69. The van der Waals surface area contributed by atoms with E-state index in [1.54, 1.807) is 17.4 Å². The molecule has 2 aromatic heterocycles. The molecule has 140 valence electrons. The van der Waals surface area contributed by atoms with Gasteiger partial charge in [-0.05, 0) is 34.4 Å². The summed E-state index contributed by atoms with van der Waals surface area (Å²) in [6.45, 7) is -0.0356. The summed E-state index contributed by atoms with van der Waals surface area (Å²) in [6.07, 6.45) is 0. The highest BCUT2D eigenvalue weighted by molar-refractivity contribution is 7.10. The highest BCUT2D eigenvalue weighted by atomic mass is 35.5. The van der Waals surface area contributed by atoms with Crippen molar-refractivity contribution in [2.24, 2.45) is 0 Å². The minimum absolute atomic E-state index is 0.0356. The molecule has 1 atom stereocenters. The van der Waals surface area contributed by atoms with Crippen LogP contribution in [0.1, 0.15) is 16.5 Å². The smallest absolute Gasteiger partial charge is 0.244 e. The molecule has 4 rings (SSSR count). The summed E-state index contributed by atoms with van der Waals surface area (Å²) in [7, 11) is 0. The Labute approximate surface area is 170 Å². The number of thiophene rings is 1. The van der Waals surface area contributed by atoms with Gasteiger partial charge in [-0.15, -0.1) is 21.5 Å². The molecule has 0 aliphatic heterocycles. The van der Waals surface area contributed by atoms with Gasteiger partial charge >= 0.3 is 0 Å². The number of hydrogen-bond donors (Lipinski definition) is 1. The van der Waals surface area contributed by atoms with Gasteiger partial charge < -0.3 is 5.32 Å². The van der Waals surface area contributed by atoms with Gasteiger partial charge in [0, 0.05) is 10.4 Å². The molecular formula is C20H16ClN5OS. The maximum absolute atomic E-state index is 12.6. The molecule has 0 aliphatic rings. The second-order valence-electron chi connectivity index (χ2n) is 6.05. The predicted octanol–water partition coefficient (Wildman–Crippen LogP) is 3.96. The Morgan fingerprint density at radius 3 is 2.61 bits per heavy atom. The molecule has 0 saturated heterocycles. The Kier molecular flexibility index (Phi) is 5.45. The molecular weight excluding hydrogens is 394 g/mol. The predicted molar refractivity (Wildman–Crippen MR) is 109 cm³/mol. The van der Waals surface area contributed by atoms with Gasteiger partial charge in [-0.2, -0.15) is 4.80 Å². The maximum Gasteiger partial charge on any atom is 0.244 e. The highest BCUT2D eigenvalue weighted by Crippen LogP contribution is 2.26. The van der Waals surface area contributed by atoms with Crippen molar-refractivity contribution >= 4 is 28.8 Å². The minimum Gasteiger partial charge on any atom is -0.343 e. The van der Waals surface area contributed by atoms with E-state index in [-0.39, 0.29) is 18.5 Å². The van der Waals surface area contributed by atoms with Crippen LogP contribution in [0.2, 0.25) is 5.02 Å². The largest absolute Gasteiger partial charge is 0.343 e.